The zero-order valence-electron chi connectivity index (χ0n) is 19.7. The van der Waals surface area contributed by atoms with Crippen LogP contribution in [0.2, 0.25) is 0 Å². The van der Waals surface area contributed by atoms with Crippen LogP contribution in [0.1, 0.15) is 58.8 Å². The summed E-state index contributed by atoms with van der Waals surface area (Å²) in [4.78, 5) is 24.0. The topological polar surface area (TPSA) is 65.7 Å². The van der Waals surface area contributed by atoms with Gasteiger partial charge in [-0.3, -0.25) is 4.79 Å². The van der Waals surface area contributed by atoms with Crippen molar-refractivity contribution in [3.63, 3.8) is 0 Å². The van der Waals surface area contributed by atoms with E-state index in [1.807, 2.05) is 62.4 Å². The van der Waals surface area contributed by atoms with Crippen LogP contribution in [0.3, 0.4) is 0 Å². The maximum Gasteiger partial charge on any atom is 0.344 e. The summed E-state index contributed by atoms with van der Waals surface area (Å²) in [6, 6.07) is 17.0. The Morgan fingerprint density at radius 2 is 1.61 bits per heavy atom. The molecular weight excluding hydrogens is 416 g/mol. The lowest BCUT2D eigenvalue weighted by Gasteiger charge is -2.09. The molecule has 0 N–H and O–H groups in total. The van der Waals surface area contributed by atoms with Gasteiger partial charge in [0.1, 0.15) is 11.3 Å². The Balaban J connectivity index is 1.35. The van der Waals surface area contributed by atoms with Crippen molar-refractivity contribution in [2.24, 2.45) is 5.92 Å². The minimum absolute atomic E-state index is 0.00427. The fourth-order valence-electron chi connectivity index (χ4n) is 3.58. The lowest BCUT2D eigenvalue weighted by atomic mass is 10.1. The van der Waals surface area contributed by atoms with E-state index < -0.39 is 0 Å². The number of fused-ring (bicyclic) bond motifs is 1. The van der Waals surface area contributed by atoms with Crippen LogP contribution in [0.15, 0.2) is 63.8 Å². The molecule has 1 heterocycles. The Hall–Kier alpha value is -3.08. The first-order valence-electron chi connectivity index (χ1n) is 12.0. The third kappa shape index (κ3) is 7.48. The molecule has 0 bridgehead atoms. The van der Waals surface area contributed by atoms with Gasteiger partial charge in [0.2, 0.25) is 0 Å². The maximum atomic E-state index is 12.4. The highest BCUT2D eigenvalue weighted by molar-refractivity contribution is 5.82. The average Bonchev–Trinajstić information content (AvgIpc) is 2.84. The third-order valence-corrected chi connectivity index (χ3v) is 5.86. The molecule has 3 rings (SSSR count). The van der Waals surface area contributed by atoms with Gasteiger partial charge in [0, 0.05) is 11.5 Å². The van der Waals surface area contributed by atoms with E-state index in [0.717, 1.165) is 55.9 Å². The highest BCUT2D eigenvalue weighted by atomic mass is 16.5. The van der Waals surface area contributed by atoms with Crippen molar-refractivity contribution in [2.45, 2.75) is 58.8 Å². The number of carbonyl (C=O) groups is 1. The second kappa shape index (κ2) is 12.8. The van der Waals surface area contributed by atoms with Gasteiger partial charge >= 0.3 is 11.6 Å². The Morgan fingerprint density at radius 1 is 0.909 bits per heavy atom. The zero-order chi connectivity index (χ0) is 23.5. The molecule has 0 saturated carbocycles. The first-order chi connectivity index (χ1) is 16.1. The van der Waals surface area contributed by atoms with Crippen molar-refractivity contribution in [1.82, 2.24) is 0 Å². The zero-order valence-corrected chi connectivity index (χ0v) is 19.7. The molecule has 5 heteroatoms. The van der Waals surface area contributed by atoms with Gasteiger partial charge < -0.3 is 13.9 Å². The molecule has 0 aliphatic rings. The number of carbonyl (C=O) groups excluding carboxylic acids is 1. The summed E-state index contributed by atoms with van der Waals surface area (Å²) >= 11 is 0. The van der Waals surface area contributed by atoms with Crippen molar-refractivity contribution < 1.29 is 18.7 Å². The van der Waals surface area contributed by atoms with Gasteiger partial charge in [-0.25, -0.2) is 4.79 Å². The summed E-state index contributed by atoms with van der Waals surface area (Å²) < 4.78 is 16.7. The van der Waals surface area contributed by atoms with Crippen LogP contribution in [0, 0.1) is 5.92 Å². The SMILES string of the molecule is CCC(C)C(=O)OCCCCCCCCOc1ccc2cc(-c3ccccc3)c(=O)oc2c1. The van der Waals surface area contributed by atoms with Gasteiger partial charge in [-0.05, 0) is 43.0 Å². The monoisotopic (exact) mass is 450 g/mol. The number of hydrogen-bond donors (Lipinski definition) is 0. The molecule has 1 atom stereocenters. The van der Waals surface area contributed by atoms with Gasteiger partial charge in [0.05, 0.1) is 24.7 Å². The summed E-state index contributed by atoms with van der Waals surface area (Å²) in [6.45, 7) is 5.05. The van der Waals surface area contributed by atoms with E-state index in [9.17, 15) is 9.59 Å². The lowest BCUT2D eigenvalue weighted by Crippen LogP contribution is -2.14. The van der Waals surface area contributed by atoms with Crippen LogP contribution in [0.25, 0.3) is 22.1 Å². The molecule has 0 radical (unpaired) electrons. The van der Waals surface area contributed by atoms with E-state index in [4.69, 9.17) is 13.9 Å². The molecule has 1 aromatic heterocycles. The van der Waals surface area contributed by atoms with Crippen LogP contribution in [-0.2, 0) is 9.53 Å². The van der Waals surface area contributed by atoms with E-state index in [1.54, 1.807) is 6.07 Å². The molecule has 0 saturated heterocycles. The number of esters is 1. The van der Waals surface area contributed by atoms with Gasteiger partial charge in [0.15, 0.2) is 0 Å². The molecule has 176 valence electrons. The number of unbranched alkanes of at least 4 members (excludes halogenated alkanes) is 5. The molecule has 0 amide bonds. The fourth-order valence-corrected chi connectivity index (χ4v) is 3.58. The van der Waals surface area contributed by atoms with Crippen molar-refractivity contribution >= 4 is 16.9 Å². The molecular formula is C28H34O5. The Bertz CT molecular complexity index is 1070. The Kier molecular flexibility index (Phi) is 9.55. The van der Waals surface area contributed by atoms with Crippen LogP contribution >= 0.6 is 0 Å². The first kappa shape index (κ1) is 24.6. The predicted molar refractivity (Wildman–Crippen MR) is 132 cm³/mol. The maximum absolute atomic E-state index is 12.4. The molecule has 3 aromatic rings. The molecule has 0 spiro atoms. The van der Waals surface area contributed by atoms with Gasteiger partial charge in [0.25, 0.3) is 0 Å². The highest BCUT2D eigenvalue weighted by Gasteiger charge is 2.11. The van der Waals surface area contributed by atoms with Crippen molar-refractivity contribution in [3.8, 4) is 16.9 Å². The van der Waals surface area contributed by atoms with Gasteiger partial charge in [-0.15, -0.1) is 0 Å². The van der Waals surface area contributed by atoms with Crippen LogP contribution in [0.4, 0.5) is 0 Å². The first-order valence-corrected chi connectivity index (χ1v) is 12.0. The Morgan fingerprint density at radius 3 is 2.33 bits per heavy atom. The van der Waals surface area contributed by atoms with Crippen molar-refractivity contribution in [3.05, 3.63) is 65.0 Å². The van der Waals surface area contributed by atoms with Gasteiger partial charge in [-0.2, -0.15) is 0 Å². The van der Waals surface area contributed by atoms with Crippen molar-refractivity contribution in [2.75, 3.05) is 13.2 Å². The lowest BCUT2D eigenvalue weighted by molar-refractivity contribution is -0.148. The minimum atomic E-state index is -0.347. The highest BCUT2D eigenvalue weighted by Crippen LogP contribution is 2.24. The smallest absolute Gasteiger partial charge is 0.344 e. The molecule has 1 unspecified atom stereocenters. The van der Waals surface area contributed by atoms with Crippen LogP contribution in [-0.4, -0.2) is 19.2 Å². The van der Waals surface area contributed by atoms with Crippen LogP contribution in [0.5, 0.6) is 5.75 Å². The molecule has 33 heavy (non-hydrogen) atoms. The molecule has 5 nitrogen and oxygen atoms in total. The predicted octanol–water partition coefficient (Wildman–Crippen LogP) is 6.77. The quantitative estimate of drug-likeness (QED) is 0.163. The average molecular weight is 451 g/mol. The summed E-state index contributed by atoms with van der Waals surface area (Å²) in [5.74, 6) is 0.621. The summed E-state index contributed by atoms with van der Waals surface area (Å²) in [7, 11) is 0. The molecule has 0 fully saturated rings. The summed E-state index contributed by atoms with van der Waals surface area (Å²) in [5, 5.41) is 0.871. The van der Waals surface area contributed by atoms with E-state index in [2.05, 4.69) is 0 Å². The van der Waals surface area contributed by atoms with E-state index in [0.29, 0.717) is 30.1 Å². The Labute approximate surface area is 195 Å². The molecule has 0 aliphatic heterocycles. The summed E-state index contributed by atoms with van der Waals surface area (Å²) in [5.41, 5.74) is 1.60. The molecule has 2 aromatic carbocycles. The third-order valence-electron chi connectivity index (χ3n) is 5.86. The van der Waals surface area contributed by atoms with Crippen molar-refractivity contribution in [1.29, 1.82) is 0 Å². The second-order valence-corrected chi connectivity index (χ2v) is 8.46. The number of rotatable bonds is 13. The second-order valence-electron chi connectivity index (χ2n) is 8.46. The van der Waals surface area contributed by atoms with Crippen LogP contribution < -0.4 is 10.4 Å². The number of hydrogen-bond acceptors (Lipinski definition) is 5. The van der Waals surface area contributed by atoms with E-state index in [-0.39, 0.29) is 17.5 Å². The molecule has 0 aliphatic carbocycles. The number of benzene rings is 2. The number of ether oxygens (including phenoxy) is 2. The van der Waals surface area contributed by atoms with E-state index >= 15 is 0 Å². The summed E-state index contributed by atoms with van der Waals surface area (Å²) in [6.07, 6.45) is 7.15. The normalized spacial score (nSPS) is 11.9. The minimum Gasteiger partial charge on any atom is -0.493 e. The van der Waals surface area contributed by atoms with Gasteiger partial charge in [-0.1, -0.05) is 69.9 Å². The fraction of sp³-hybridized carbons (Fsp3) is 0.429. The van der Waals surface area contributed by atoms with E-state index in [1.165, 1.54) is 0 Å². The standard InChI is InChI=1S/C28H34O5/c1-3-21(2)27(29)32-18-12-7-5-4-6-11-17-31-24-16-15-23-19-25(22-13-9-8-10-14-22)28(30)33-26(23)20-24/h8-10,13-16,19-21H,3-7,11-12,17-18H2,1-2H3. The largest absolute Gasteiger partial charge is 0.493 e.